The van der Waals surface area contributed by atoms with Crippen LogP contribution in [0.3, 0.4) is 0 Å². The molecule has 3 aliphatic rings. The molecule has 0 aliphatic carbocycles. The third-order valence-electron chi connectivity index (χ3n) is 8.66. The third-order valence-corrected chi connectivity index (χ3v) is 8.66. The number of aliphatic hydroxyl groups is 1. The highest BCUT2D eigenvalue weighted by atomic mass is 16.5. The quantitative estimate of drug-likeness (QED) is 0.520. The molecule has 3 N–H and O–H groups in total. The molecule has 8 nitrogen and oxygen atoms in total. The Kier molecular flexibility index (Phi) is 6.77. The van der Waals surface area contributed by atoms with Gasteiger partial charge >= 0.3 is 0 Å². The molecule has 3 aliphatic heterocycles. The summed E-state index contributed by atoms with van der Waals surface area (Å²) in [5.74, 6) is -2.47. The maximum Gasteiger partial charge on any atom is 0.246 e. The number of carbonyl (C=O) groups is 3. The number of amides is 3. The van der Waals surface area contributed by atoms with Crippen molar-refractivity contribution in [3.8, 4) is 0 Å². The normalized spacial score (nSPS) is 33.9. The summed E-state index contributed by atoms with van der Waals surface area (Å²) in [6.45, 7) is 13.9. The molecule has 3 fully saturated rings. The van der Waals surface area contributed by atoms with Gasteiger partial charge in [0.05, 0.1) is 30.1 Å². The molecule has 3 heterocycles. The lowest BCUT2D eigenvalue weighted by molar-refractivity contribution is -0.151. The van der Waals surface area contributed by atoms with E-state index in [0.717, 1.165) is 12.0 Å². The lowest BCUT2D eigenvalue weighted by atomic mass is 9.62. The van der Waals surface area contributed by atoms with Gasteiger partial charge in [-0.3, -0.25) is 14.4 Å². The van der Waals surface area contributed by atoms with Gasteiger partial charge in [-0.05, 0) is 50.5 Å². The Hall–Kier alpha value is -2.45. The fraction of sp³-hybridized carbons (Fsp3) is 0.690. The van der Waals surface area contributed by atoms with Gasteiger partial charge in [-0.25, -0.2) is 0 Å². The summed E-state index contributed by atoms with van der Waals surface area (Å²) in [7, 11) is 1.56. The van der Waals surface area contributed by atoms with E-state index in [-0.39, 0.29) is 35.7 Å². The molecule has 8 heteroatoms. The van der Waals surface area contributed by atoms with Crippen molar-refractivity contribution in [3.63, 3.8) is 0 Å². The molecule has 0 saturated carbocycles. The first-order valence-electron chi connectivity index (χ1n) is 13.3. The molecule has 37 heavy (non-hydrogen) atoms. The topological polar surface area (TPSA) is 108 Å². The number of ether oxygens (including phenoxy) is 1. The van der Waals surface area contributed by atoms with Gasteiger partial charge in [0.1, 0.15) is 11.6 Å². The SMILES string of the molecule is CNC(=O)[C@H]1[C@H]2C(=O)N([C@H](CO)c3ccccc3)C(C(=O)NC(C)(C)CC(C)(C)C)C23CC(C)[C@]1(C)O3. The Labute approximate surface area is 220 Å². The number of rotatable bonds is 7. The predicted molar refractivity (Wildman–Crippen MR) is 140 cm³/mol. The van der Waals surface area contributed by atoms with Crippen LogP contribution in [0.1, 0.15) is 72.9 Å². The van der Waals surface area contributed by atoms with Crippen molar-refractivity contribution in [3.05, 3.63) is 35.9 Å². The molecule has 0 radical (unpaired) electrons. The van der Waals surface area contributed by atoms with E-state index in [0.29, 0.717) is 6.42 Å². The summed E-state index contributed by atoms with van der Waals surface area (Å²) in [6, 6.07) is 7.51. The zero-order valence-electron chi connectivity index (χ0n) is 23.4. The first-order chi connectivity index (χ1) is 17.1. The standard InChI is InChI=1S/C29H43N3O5/c1-17-14-29-21(20(23(34)30-8)28(17,7)37-29)25(36)32(19(15-33)18-12-10-9-11-13-18)22(29)24(35)31-27(5,6)16-26(2,3)4/h9-13,17,19-22,33H,14-16H2,1-8H3,(H,30,34)(H,31,35)/t17?,19-,20-,21+,22?,28+,29?/m1/s1. The molecule has 3 saturated heterocycles. The molecule has 204 valence electrons. The molecule has 3 amide bonds. The second kappa shape index (κ2) is 9.09. The van der Waals surface area contributed by atoms with Gasteiger partial charge in [-0.1, -0.05) is 58.0 Å². The number of hydrogen-bond donors (Lipinski definition) is 3. The van der Waals surface area contributed by atoms with E-state index < -0.39 is 40.7 Å². The molecule has 1 aromatic carbocycles. The highest BCUT2D eigenvalue weighted by Crippen LogP contribution is 2.66. The number of hydrogen-bond acceptors (Lipinski definition) is 5. The van der Waals surface area contributed by atoms with Crippen LogP contribution in [0.2, 0.25) is 0 Å². The average molecular weight is 514 g/mol. The summed E-state index contributed by atoms with van der Waals surface area (Å²) < 4.78 is 6.73. The van der Waals surface area contributed by atoms with Crippen LogP contribution in [0.4, 0.5) is 0 Å². The Morgan fingerprint density at radius 2 is 1.78 bits per heavy atom. The number of carbonyl (C=O) groups excluding carboxylic acids is 3. The van der Waals surface area contributed by atoms with E-state index >= 15 is 0 Å². The zero-order chi connectivity index (χ0) is 27.6. The number of fused-ring (bicyclic) bond motifs is 1. The van der Waals surface area contributed by atoms with Crippen LogP contribution in [0, 0.1) is 23.2 Å². The van der Waals surface area contributed by atoms with E-state index in [9.17, 15) is 19.5 Å². The second-order valence-electron chi connectivity index (χ2n) is 13.3. The van der Waals surface area contributed by atoms with Crippen LogP contribution in [-0.4, -0.2) is 64.2 Å². The molecule has 1 aromatic rings. The molecule has 3 unspecified atom stereocenters. The van der Waals surface area contributed by atoms with Gasteiger partial charge in [-0.2, -0.15) is 0 Å². The van der Waals surface area contributed by atoms with E-state index in [1.165, 1.54) is 4.90 Å². The highest BCUT2D eigenvalue weighted by Gasteiger charge is 2.80. The highest BCUT2D eigenvalue weighted by molar-refractivity contribution is 5.99. The molecule has 2 bridgehead atoms. The summed E-state index contributed by atoms with van der Waals surface area (Å²) in [4.78, 5) is 43.3. The second-order valence-corrected chi connectivity index (χ2v) is 13.3. The van der Waals surface area contributed by atoms with E-state index in [4.69, 9.17) is 4.74 Å². The molecular weight excluding hydrogens is 470 g/mol. The monoisotopic (exact) mass is 513 g/mol. The number of nitrogens with one attached hydrogen (secondary N) is 2. The number of aliphatic hydroxyl groups excluding tert-OH is 1. The summed E-state index contributed by atoms with van der Waals surface area (Å²) in [5, 5.41) is 16.5. The van der Waals surface area contributed by atoms with Crippen molar-refractivity contribution < 1.29 is 24.2 Å². The fourth-order valence-electron chi connectivity index (χ4n) is 7.67. The van der Waals surface area contributed by atoms with Crippen molar-refractivity contribution in [1.82, 2.24) is 15.5 Å². The van der Waals surface area contributed by atoms with Crippen molar-refractivity contribution in [2.24, 2.45) is 23.2 Å². The number of nitrogens with zero attached hydrogens (tertiary/aromatic N) is 1. The van der Waals surface area contributed by atoms with Gasteiger partial charge in [0, 0.05) is 12.6 Å². The average Bonchev–Trinajstić information content (AvgIpc) is 3.30. The fourth-order valence-corrected chi connectivity index (χ4v) is 7.67. The lowest BCUT2D eigenvalue weighted by Crippen LogP contribution is -2.60. The minimum Gasteiger partial charge on any atom is -0.394 e. The summed E-state index contributed by atoms with van der Waals surface area (Å²) >= 11 is 0. The number of benzene rings is 1. The van der Waals surface area contributed by atoms with Crippen LogP contribution >= 0.6 is 0 Å². The minimum atomic E-state index is -1.16. The molecule has 7 atom stereocenters. The van der Waals surface area contributed by atoms with Gasteiger partial charge in [0.2, 0.25) is 17.7 Å². The number of likely N-dealkylation sites (tertiary alicyclic amines) is 1. The Balaban J connectivity index is 1.84. The van der Waals surface area contributed by atoms with Gasteiger partial charge < -0.3 is 25.4 Å². The smallest absolute Gasteiger partial charge is 0.246 e. The lowest BCUT2D eigenvalue weighted by Gasteiger charge is -2.40. The first kappa shape index (κ1) is 27.6. The van der Waals surface area contributed by atoms with Gasteiger partial charge in [-0.15, -0.1) is 0 Å². The first-order valence-corrected chi connectivity index (χ1v) is 13.3. The van der Waals surface area contributed by atoms with Gasteiger partial charge in [0.25, 0.3) is 0 Å². The largest absolute Gasteiger partial charge is 0.394 e. The molecular formula is C29H43N3O5. The Morgan fingerprint density at radius 1 is 1.16 bits per heavy atom. The molecule has 1 spiro atoms. The van der Waals surface area contributed by atoms with E-state index in [2.05, 4.69) is 31.4 Å². The third kappa shape index (κ3) is 4.36. The van der Waals surface area contributed by atoms with Crippen molar-refractivity contribution in [2.75, 3.05) is 13.7 Å². The molecule has 0 aromatic heterocycles. The maximum atomic E-state index is 14.3. The van der Waals surface area contributed by atoms with Crippen molar-refractivity contribution in [1.29, 1.82) is 0 Å². The van der Waals surface area contributed by atoms with E-state index in [1.54, 1.807) is 7.05 Å². The Morgan fingerprint density at radius 3 is 2.32 bits per heavy atom. The maximum absolute atomic E-state index is 14.3. The van der Waals surface area contributed by atoms with Crippen molar-refractivity contribution >= 4 is 17.7 Å². The van der Waals surface area contributed by atoms with Crippen molar-refractivity contribution in [2.45, 2.75) is 90.1 Å². The minimum absolute atomic E-state index is 0.0327. The molecule has 4 rings (SSSR count). The summed E-state index contributed by atoms with van der Waals surface area (Å²) in [5.41, 5.74) is -1.88. The van der Waals surface area contributed by atoms with E-state index in [1.807, 2.05) is 58.0 Å². The predicted octanol–water partition coefficient (Wildman–Crippen LogP) is 2.81. The van der Waals surface area contributed by atoms with Crippen LogP contribution in [0.5, 0.6) is 0 Å². The Bertz CT molecular complexity index is 1070. The van der Waals surface area contributed by atoms with Crippen LogP contribution in [-0.2, 0) is 19.1 Å². The van der Waals surface area contributed by atoms with Crippen LogP contribution < -0.4 is 10.6 Å². The van der Waals surface area contributed by atoms with Crippen LogP contribution in [0.25, 0.3) is 0 Å². The van der Waals surface area contributed by atoms with Crippen LogP contribution in [0.15, 0.2) is 30.3 Å². The zero-order valence-corrected chi connectivity index (χ0v) is 23.4. The summed E-state index contributed by atoms with van der Waals surface area (Å²) in [6.07, 6.45) is 1.20. The van der Waals surface area contributed by atoms with Gasteiger partial charge in [0.15, 0.2) is 0 Å².